The summed E-state index contributed by atoms with van der Waals surface area (Å²) in [6, 6.07) is 0. The smallest absolute Gasteiger partial charge is 0.0447 e. The van der Waals surface area contributed by atoms with Crippen LogP contribution in [0.1, 0.15) is 110 Å². The number of unbranched alkanes of at least 4 members (excludes halogenated alkanes) is 15. The number of nitrogens with one attached hydrogen (secondary N) is 1. The minimum Gasteiger partial charge on any atom is -0.615 e. The Labute approximate surface area is 133 Å². The lowest BCUT2D eigenvalue weighted by Crippen LogP contribution is -2.87. The van der Waals surface area contributed by atoms with Gasteiger partial charge in [-0.2, -0.15) is 5.43 Å². The Hall–Kier alpha value is -0.120. The lowest BCUT2D eigenvalue weighted by molar-refractivity contribution is -0.650. The summed E-state index contributed by atoms with van der Waals surface area (Å²) in [5, 5.41) is 10.1. The molecule has 0 radical (unpaired) electrons. The minimum absolute atomic E-state index is 0.797. The van der Waals surface area contributed by atoms with Gasteiger partial charge in [0.05, 0.1) is 0 Å². The van der Waals surface area contributed by atoms with Crippen LogP contribution in [0.25, 0.3) is 0 Å². The minimum atomic E-state index is 0.797. The molecule has 0 saturated heterocycles. The third-order valence-corrected chi connectivity index (χ3v) is 4.26. The summed E-state index contributed by atoms with van der Waals surface area (Å²) in [4.78, 5) is 0. The molecule has 0 aromatic carbocycles. The van der Waals surface area contributed by atoms with E-state index in [1.807, 2.05) is 0 Å². The fraction of sp³-hybridized carbons (Fsp3) is 1.00. The van der Waals surface area contributed by atoms with E-state index in [4.69, 9.17) is 0 Å². The third-order valence-electron chi connectivity index (χ3n) is 4.26. The SMILES string of the molecule is CCCCCCCCCCCCCCCCCCN[NH2+][O-]. The second kappa shape index (κ2) is 19.9. The van der Waals surface area contributed by atoms with E-state index in [0.717, 1.165) is 18.6 Å². The molecule has 0 aromatic heterocycles. The molecule has 3 nitrogen and oxygen atoms in total. The molecule has 0 bridgehead atoms. The van der Waals surface area contributed by atoms with Crippen LogP contribution in [-0.2, 0) is 0 Å². The molecule has 0 aromatic rings. The second-order valence-corrected chi connectivity index (χ2v) is 6.38. The zero-order valence-corrected chi connectivity index (χ0v) is 14.5. The molecule has 3 heteroatoms. The maximum Gasteiger partial charge on any atom is 0.0447 e. The molecule has 0 aliphatic rings. The van der Waals surface area contributed by atoms with Crippen molar-refractivity contribution in [3.63, 3.8) is 0 Å². The molecule has 0 heterocycles. The highest BCUT2D eigenvalue weighted by Gasteiger charge is 1.94. The van der Waals surface area contributed by atoms with Crippen LogP contribution in [-0.4, -0.2) is 6.54 Å². The Bertz CT molecular complexity index is 159. The van der Waals surface area contributed by atoms with Gasteiger partial charge in [-0.1, -0.05) is 103 Å². The molecule has 0 spiro atoms. The second-order valence-electron chi connectivity index (χ2n) is 6.38. The van der Waals surface area contributed by atoms with Crippen LogP contribution >= 0.6 is 0 Å². The molecular formula is C18H40N2O. The topological polar surface area (TPSA) is 51.7 Å². The first-order valence-electron chi connectivity index (χ1n) is 9.59. The van der Waals surface area contributed by atoms with Crippen molar-refractivity contribution in [2.24, 2.45) is 0 Å². The van der Waals surface area contributed by atoms with Crippen LogP contribution in [0.2, 0.25) is 0 Å². The maximum atomic E-state index is 10.1. The zero-order valence-electron chi connectivity index (χ0n) is 14.5. The lowest BCUT2D eigenvalue weighted by Gasteiger charge is -2.04. The van der Waals surface area contributed by atoms with E-state index in [0.29, 0.717) is 0 Å². The highest BCUT2D eigenvalue weighted by molar-refractivity contribution is 4.50. The third kappa shape index (κ3) is 19.9. The Kier molecular flexibility index (Phi) is 19.8. The molecule has 21 heavy (non-hydrogen) atoms. The molecular weight excluding hydrogens is 260 g/mol. The molecule has 0 aliphatic heterocycles. The predicted octanol–water partition coefficient (Wildman–Crippen LogP) is 4.81. The summed E-state index contributed by atoms with van der Waals surface area (Å²) in [7, 11) is 0. The van der Waals surface area contributed by atoms with Crippen LogP contribution in [0.15, 0.2) is 0 Å². The number of hydrogen-bond donors (Lipinski definition) is 2. The van der Waals surface area contributed by atoms with Gasteiger partial charge in [0.15, 0.2) is 0 Å². The summed E-state index contributed by atoms with van der Waals surface area (Å²) in [6.07, 6.45) is 22.3. The van der Waals surface area contributed by atoms with Gasteiger partial charge in [-0.25, -0.2) is 0 Å². The summed E-state index contributed by atoms with van der Waals surface area (Å²) in [5.41, 5.74) is 3.51. The average Bonchev–Trinajstić information content (AvgIpc) is 2.50. The average molecular weight is 301 g/mol. The van der Waals surface area contributed by atoms with Crippen LogP contribution in [0.3, 0.4) is 0 Å². The van der Waals surface area contributed by atoms with Crippen molar-refractivity contribution in [3.05, 3.63) is 5.21 Å². The highest BCUT2D eigenvalue weighted by atomic mass is 16.5. The number of quaternary nitrogens is 1. The monoisotopic (exact) mass is 300 g/mol. The molecule has 0 aliphatic carbocycles. The maximum absolute atomic E-state index is 10.1. The molecule has 0 rings (SSSR count). The van der Waals surface area contributed by atoms with Crippen molar-refractivity contribution in [3.8, 4) is 0 Å². The van der Waals surface area contributed by atoms with E-state index >= 15 is 0 Å². The van der Waals surface area contributed by atoms with Crippen LogP contribution < -0.4 is 11.0 Å². The number of nitrogens with two attached hydrogens (primary N) is 1. The molecule has 0 amide bonds. The van der Waals surface area contributed by atoms with Crippen molar-refractivity contribution in [1.82, 2.24) is 5.43 Å². The van der Waals surface area contributed by atoms with Gasteiger partial charge in [-0.05, 0) is 6.42 Å². The van der Waals surface area contributed by atoms with Crippen molar-refractivity contribution in [2.75, 3.05) is 6.54 Å². The quantitative estimate of drug-likeness (QED) is 0.217. The normalized spacial score (nSPS) is 11.1. The van der Waals surface area contributed by atoms with Crippen LogP contribution in [0.4, 0.5) is 0 Å². The highest BCUT2D eigenvalue weighted by Crippen LogP contribution is 2.13. The van der Waals surface area contributed by atoms with Gasteiger partial charge in [0.25, 0.3) is 0 Å². The fourth-order valence-corrected chi connectivity index (χ4v) is 2.83. The largest absolute Gasteiger partial charge is 0.615 e. The molecule has 0 saturated carbocycles. The first-order valence-corrected chi connectivity index (χ1v) is 9.59. The van der Waals surface area contributed by atoms with E-state index in [-0.39, 0.29) is 0 Å². The summed E-state index contributed by atoms with van der Waals surface area (Å²) in [5.74, 6) is 0. The van der Waals surface area contributed by atoms with Gasteiger partial charge in [-0.15, -0.1) is 0 Å². The summed E-state index contributed by atoms with van der Waals surface area (Å²) < 4.78 is 0. The van der Waals surface area contributed by atoms with E-state index in [1.54, 1.807) is 0 Å². The number of hydrogen-bond acceptors (Lipinski definition) is 2. The Morgan fingerprint density at radius 1 is 0.571 bits per heavy atom. The predicted molar refractivity (Wildman–Crippen MR) is 92.8 cm³/mol. The van der Waals surface area contributed by atoms with Gasteiger partial charge in [-0.3, -0.25) is 0 Å². The standard InChI is InChI=1S/C18H40N2O/c1-2-3-4-5-6-7-8-9-10-11-12-13-14-15-16-17-18-19-20-21/h19H,2-18,20H2,1H3. The first-order chi connectivity index (χ1) is 10.4. The van der Waals surface area contributed by atoms with Crippen molar-refractivity contribution in [2.45, 2.75) is 110 Å². The molecule has 3 N–H and O–H groups in total. The van der Waals surface area contributed by atoms with E-state index < -0.39 is 0 Å². The van der Waals surface area contributed by atoms with E-state index in [1.165, 1.54) is 96.3 Å². The molecule has 0 unspecified atom stereocenters. The molecule has 128 valence electrons. The number of rotatable bonds is 18. The van der Waals surface area contributed by atoms with Gasteiger partial charge in [0.2, 0.25) is 0 Å². The van der Waals surface area contributed by atoms with Gasteiger partial charge >= 0.3 is 0 Å². The Morgan fingerprint density at radius 3 is 1.24 bits per heavy atom. The fourth-order valence-electron chi connectivity index (χ4n) is 2.83. The first kappa shape index (κ1) is 20.9. The summed E-state index contributed by atoms with van der Waals surface area (Å²) >= 11 is 0. The van der Waals surface area contributed by atoms with E-state index in [9.17, 15) is 5.21 Å². The zero-order chi connectivity index (χ0) is 15.4. The van der Waals surface area contributed by atoms with Crippen LogP contribution in [0, 0.1) is 5.21 Å². The van der Waals surface area contributed by atoms with Crippen molar-refractivity contribution >= 4 is 0 Å². The van der Waals surface area contributed by atoms with Gasteiger partial charge < -0.3 is 10.8 Å². The van der Waals surface area contributed by atoms with Gasteiger partial charge in [0.1, 0.15) is 0 Å². The Balaban J connectivity index is 2.90. The Morgan fingerprint density at radius 2 is 0.905 bits per heavy atom. The molecule has 0 atom stereocenters. The molecule has 0 fully saturated rings. The van der Waals surface area contributed by atoms with Crippen LogP contribution in [0.5, 0.6) is 0 Å². The summed E-state index contributed by atoms with van der Waals surface area (Å²) in [6.45, 7) is 3.13. The van der Waals surface area contributed by atoms with Crippen molar-refractivity contribution < 1.29 is 5.59 Å². The van der Waals surface area contributed by atoms with E-state index in [2.05, 4.69) is 12.3 Å². The van der Waals surface area contributed by atoms with Gasteiger partial charge in [0, 0.05) is 6.54 Å². The lowest BCUT2D eigenvalue weighted by atomic mass is 10.0. The van der Waals surface area contributed by atoms with Crippen molar-refractivity contribution in [1.29, 1.82) is 0 Å².